The van der Waals surface area contributed by atoms with Gasteiger partial charge < -0.3 is 4.74 Å². The lowest BCUT2D eigenvalue weighted by Crippen LogP contribution is -2.35. The summed E-state index contributed by atoms with van der Waals surface area (Å²) in [6.07, 6.45) is 2.76. The molecule has 0 aliphatic heterocycles. The van der Waals surface area contributed by atoms with Crippen LogP contribution in [0.15, 0.2) is 29.2 Å². The van der Waals surface area contributed by atoms with Crippen LogP contribution < -0.4 is 4.72 Å². The minimum Gasteiger partial charge on any atom is -0.463 e. The van der Waals surface area contributed by atoms with E-state index < -0.39 is 16.1 Å². The number of hydrogen-bond donors (Lipinski definition) is 1. The van der Waals surface area contributed by atoms with Crippen LogP contribution in [0.25, 0.3) is 0 Å². The highest BCUT2D eigenvalue weighted by atomic mass is 32.2. The van der Waals surface area contributed by atoms with Crippen molar-refractivity contribution in [3.8, 4) is 0 Å². The van der Waals surface area contributed by atoms with Crippen LogP contribution in [0.3, 0.4) is 0 Å². The summed E-state index contributed by atoms with van der Waals surface area (Å²) in [5.74, 6) is -0.382. The van der Waals surface area contributed by atoms with E-state index in [-0.39, 0.29) is 23.4 Å². The second-order valence-corrected chi connectivity index (χ2v) is 7.70. The monoisotopic (exact) mass is 341 g/mol. The minimum absolute atomic E-state index is 0.0154. The summed E-state index contributed by atoms with van der Waals surface area (Å²) >= 11 is 0. The van der Waals surface area contributed by atoms with Gasteiger partial charge in [0.2, 0.25) is 10.0 Å². The highest BCUT2D eigenvalue weighted by molar-refractivity contribution is 7.89. The van der Waals surface area contributed by atoms with Gasteiger partial charge in [-0.15, -0.1) is 0 Å². The first kappa shape index (κ1) is 19.6. The maximum Gasteiger partial charge on any atom is 0.307 e. The van der Waals surface area contributed by atoms with E-state index in [1.807, 2.05) is 13.8 Å². The maximum atomic E-state index is 12.2. The Labute approximate surface area is 139 Å². The number of carbonyl (C=O) groups excluding carboxylic acids is 1. The predicted molar refractivity (Wildman–Crippen MR) is 90.7 cm³/mol. The average molecular weight is 341 g/mol. The summed E-state index contributed by atoms with van der Waals surface area (Å²) in [7, 11) is -3.62. The van der Waals surface area contributed by atoms with Crippen LogP contribution in [0.1, 0.15) is 52.0 Å². The first-order valence-electron chi connectivity index (χ1n) is 8.03. The molecular weight excluding hydrogens is 314 g/mol. The maximum absolute atomic E-state index is 12.2. The molecule has 0 radical (unpaired) electrons. The van der Waals surface area contributed by atoms with Gasteiger partial charge in [-0.2, -0.15) is 0 Å². The highest BCUT2D eigenvalue weighted by Crippen LogP contribution is 2.12. The van der Waals surface area contributed by atoms with Crippen molar-refractivity contribution in [3.05, 3.63) is 29.8 Å². The number of rotatable bonds is 9. The zero-order valence-corrected chi connectivity index (χ0v) is 15.2. The Morgan fingerprint density at radius 1 is 1.22 bits per heavy atom. The van der Waals surface area contributed by atoms with Crippen molar-refractivity contribution in [2.45, 2.75) is 70.4 Å². The van der Waals surface area contributed by atoms with Gasteiger partial charge in [-0.1, -0.05) is 37.5 Å². The van der Waals surface area contributed by atoms with Gasteiger partial charge >= 0.3 is 5.97 Å². The Morgan fingerprint density at radius 2 is 1.83 bits per heavy atom. The van der Waals surface area contributed by atoms with Crippen molar-refractivity contribution in [3.63, 3.8) is 0 Å². The zero-order chi connectivity index (χ0) is 17.5. The Morgan fingerprint density at radius 3 is 2.39 bits per heavy atom. The second-order valence-electron chi connectivity index (χ2n) is 5.98. The molecule has 0 bridgehead atoms. The van der Waals surface area contributed by atoms with Crippen molar-refractivity contribution in [2.75, 3.05) is 0 Å². The van der Waals surface area contributed by atoms with E-state index >= 15 is 0 Å². The van der Waals surface area contributed by atoms with Crippen molar-refractivity contribution >= 4 is 16.0 Å². The van der Waals surface area contributed by atoms with Crippen LogP contribution in [0.5, 0.6) is 0 Å². The van der Waals surface area contributed by atoms with E-state index in [2.05, 4.69) is 11.6 Å². The molecule has 6 heteroatoms. The number of esters is 1. The molecule has 23 heavy (non-hydrogen) atoms. The van der Waals surface area contributed by atoms with E-state index in [1.165, 1.54) is 0 Å². The van der Waals surface area contributed by atoms with Crippen LogP contribution in [0, 0.1) is 6.92 Å². The second kappa shape index (κ2) is 9.03. The van der Waals surface area contributed by atoms with Crippen LogP contribution in [0.4, 0.5) is 0 Å². The van der Waals surface area contributed by atoms with Crippen molar-refractivity contribution < 1.29 is 17.9 Å². The first-order chi connectivity index (χ1) is 10.7. The topological polar surface area (TPSA) is 72.5 Å². The average Bonchev–Trinajstić information content (AvgIpc) is 2.44. The normalized spacial score (nSPS) is 14.3. The van der Waals surface area contributed by atoms with Gasteiger partial charge in [-0.3, -0.25) is 4.79 Å². The summed E-state index contributed by atoms with van der Waals surface area (Å²) in [6.45, 7) is 7.48. The lowest BCUT2D eigenvalue weighted by atomic mass is 10.2. The molecule has 0 amide bonds. The molecule has 130 valence electrons. The molecule has 5 nitrogen and oxygen atoms in total. The summed E-state index contributed by atoms with van der Waals surface area (Å²) < 4.78 is 32.3. The van der Waals surface area contributed by atoms with Crippen LogP contribution in [-0.2, 0) is 19.6 Å². The molecular formula is C17H27NO4S. The Balaban J connectivity index is 2.53. The largest absolute Gasteiger partial charge is 0.463 e. The quantitative estimate of drug-likeness (QED) is 0.700. The highest BCUT2D eigenvalue weighted by Gasteiger charge is 2.20. The lowest BCUT2D eigenvalue weighted by molar-refractivity contribution is -0.148. The fraction of sp³-hybridized carbons (Fsp3) is 0.588. The van der Waals surface area contributed by atoms with Gasteiger partial charge in [0.1, 0.15) is 0 Å². The number of hydrogen-bond acceptors (Lipinski definition) is 4. The third-order valence-corrected chi connectivity index (χ3v) is 5.06. The van der Waals surface area contributed by atoms with E-state index in [1.54, 1.807) is 31.2 Å². The molecule has 2 atom stereocenters. The van der Waals surface area contributed by atoms with Crippen molar-refractivity contribution in [1.82, 2.24) is 4.72 Å². The first-order valence-corrected chi connectivity index (χ1v) is 9.51. The number of unbranched alkanes of at least 4 members (excludes halogenated alkanes) is 1. The summed E-state index contributed by atoms with van der Waals surface area (Å²) in [4.78, 5) is 12.0. The molecule has 2 unspecified atom stereocenters. The van der Waals surface area contributed by atoms with Gasteiger partial charge in [-0.25, -0.2) is 13.1 Å². The molecule has 0 saturated carbocycles. The van der Waals surface area contributed by atoms with E-state index in [0.717, 1.165) is 24.8 Å². The van der Waals surface area contributed by atoms with E-state index in [9.17, 15) is 13.2 Å². The number of aryl methyl sites for hydroxylation is 1. The van der Waals surface area contributed by atoms with Crippen LogP contribution in [0.2, 0.25) is 0 Å². The van der Waals surface area contributed by atoms with Crippen molar-refractivity contribution in [1.29, 1.82) is 0 Å². The van der Waals surface area contributed by atoms with Gasteiger partial charge in [-0.05, 0) is 39.3 Å². The smallest absolute Gasteiger partial charge is 0.307 e. The molecule has 0 saturated heterocycles. The summed E-state index contributed by atoms with van der Waals surface area (Å²) in [5, 5.41) is 0. The molecule has 0 fully saturated rings. The van der Waals surface area contributed by atoms with Crippen LogP contribution in [-0.4, -0.2) is 26.5 Å². The molecule has 0 aliphatic carbocycles. The molecule has 0 spiro atoms. The van der Waals surface area contributed by atoms with Gasteiger partial charge in [0.25, 0.3) is 0 Å². The Hall–Kier alpha value is -1.40. The Bertz CT molecular complexity index is 596. The van der Waals surface area contributed by atoms with E-state index in [0.29, 0.717) is 0 Å². The molecule has 0 heterocycles. The SMILES string of the molecule is CCCCC(C)OC(=O)CC(C)NS(=O)(=O)c1ccc(C)cc1. The Kier molecular flexibility index (Phi) is 7.72. The fourth-order valence-corrected chi connectivity index (χ4v) is 3.41. The zero-order valence-electron chi connectivity index (χ0n) is 14.3. The standard InChI is InChI=1S/C17H27NO4S/c1-5-6-7-15(4)22-17(19)12-14(3)18-23(20,21)16-10-8-13(2)9-11-16/h8-11,14-15,18H,5-7,12H2,1-4H3. The van der Waals surface area contributed by atoms with Crippen molar-refractivity contribution in [2.24, 2.45) is 0 Å². The van der Waals surface area contributed by atoms with Crippen LogP contribution >= 0.6 is 0 Å². The number of benzene rings is 1. The minimum atomic E-state index is -3.62. The third kappa shape index (κ3) is 7.14. The molecule has 0 aliphatic rings. The molecule has 0 aromatic heterocycles. The summed E-state index contributed by atoms with van der Waals surface area (Å²) in [6, 6.07) is 6.06. The molecule has 1 rings (SSSR count). The molecule has 1 aromatic carbocycles. The number of nitrogens with one attached hydrogen (secondary N) is 1. The lowest BCUT2D eigenvalue weighted by Gasteiger charge is -2.16. The number of ether oxygens (including phenoxy) is 1. The molecule has 1 N–H and O–H groups in total. The summed E-state index contributed by atoms with van der Waals surface area (Å²) in [5.41, 5.74) is 0.988. The number of sulfonamides is 1. The molecule has 1 aromatic rings. The van der Waals surface area contributed by atoms with Gasteiger partial charge in [0, 0.05) is 6.04 Å². The fourth-order valence-electron chi connectivity index (χ4n) is 2.17. The van der Waals surface area contributed by atoms with Gasteiger partial charge in [0.15, 0.2) is 0 Å². The van der Waals surface area contributed by atoms with Gasteiger partial charge in [0.05, 0.1) is 17.4 Å². The third-order valence-electron chi connectivity index (χ3n) is 3.46. The number of carbonyl (C=O) groups is 1. The predicted octanol–water partition coefficient (Wildman–Crippen LogP) is 3.17. The van der Waals surface area contributed by atoms with E-state index in [4.69, 9.17) is 4.74 Å².